The van der Waals surface area contributed by atoms with Crippen molar-refractivity contribution < 1.29 is 0 Å². The van der Waals surface area contributed by atoms with E-state index in [4.69, 9.17) is 0 Å². The molecule has 1 aromatic heterocycles. The lowest BCUT2D eigenvalue weighted by molar-refractivity contribution is 0.568. The van der Waals surface area contributed by atoms with Gasteiger partial charge in [0.05, 0.1) is 22.9 Å². The molecule has 0 bridgehead atoms. The van der Waals surface area contributed by atoms with E-state index in [1.807, 2.05) is 36.5 Å². The highest BCUT2D eigenvalue weighted by atomic mass is 14.9. The van der Waals surface area contributed by atoms with Gasteiger partial charge in [-0.05, 0) is 24.6 Å². The van der Waals surface area contributed by atoms with E-state index in [0.717, 1.165) is 16.7 Å². The molecule has 3 heteroatoms. The minimum absolute atomic E-state index is 0.296. The van der Waals surface area contributed by atoms with E-state index < -0.39 is 0 Å². The Kier molecular flexibility index (Phi) is 3.70. The van der Waals surface area contributed by atoms with Crippen LogP contribution in [0.1, 0.15) is 24.2 Å². The Balaban J connectivity index is 1.70. The number of aromatic nitrogens is 2. The highest BCUT2D eigenvalue weighted by Gasteiger charge is 2.05. The zero-order valence-electron chi connectivity index (χ0n) is 11.5. The Hall–Kier alpha value is -2.26. The van der Waals surface area contributed by atoms with Gasteiger partial charge in [0.2, 0.25) is 0 Å². The van der Waals surface area contributed by atoms with Crippen LogP contribution in [0.3, 0.4) is 0 Å². The van der Waals surface area contributed by atoms with E-state index in [2.05, 4.69) is 46.5 Å². The number of hydrogen-bond donors (Lipinski definition) is 1. The van der Waals surface area contributed by atoms with Crippen LogP contribution < -0.4 is 5.32 Å². The van der Waals surface area contributed by atoms with Gasteiger partial charge in [0.1, 0.15) is 0 Å². The predicted molar refractivity (Wildman–Crippen MR) is 81.2 cm³/mol. The summed E-state index contributed by atoms with van der Waals surface area (Å²) in [5.41, 5.74) is 4.12. The summed E-state index contributed by atoms with van der Waals surface area (Å²) in [6.07, 6.45) is 1.84. The summed E-state index contributed by atoms with van der Waals surface area (Å²) in [5.74, 6) is 0. The zero-order valence-corrected chi connectivity index (χ0v) is 11.5. The Morgan fingerprint density at radius 2 is 1.65 bits per heavy atom. The molecule has 0 saturated carbocycles. The molecule has 3 rings (SSSR count). The predicted octanol–water partition coefficient (Wildman–Crippen LogP) is 3.48. The molecule has 0 unspecified atom stereocenters. The molecule has 0 aliphatic rings. The molecular weight excluding hydrogens is 246 g/mol. The molecule has 1 atom stereocenters. The number of benzene rings is 2. The maximum atomic E-state index is 4.62. The summed E-state index contributed by atoms with van der Waals surface area (Å²) >= 11 is 0. The van der Waals surface area contributed by atoms with E-state index in [0.29, 0.717) is 12.6 Å². The second-order valence-corrected chi connectivity index (χ2v) is 4.86. The van der Waals surface area contributed by atoms with Crippen molar-refractivity contribution in [3.05, 3.63) is 72.1 Å². The lowest BCUT2D eigenvalue weighted by Crippen LogP contribution is -2.18. The van der Waals surface area contributed by atoms with Gasteiger partial charge in [-0.3, -0.25) is 4.98 Å². The van der Waals surface area contributed by atoms with Crippen LogP contribution in [0.2, 0.25) is 0 Å². The van der Waals surface area contributed by atoms with Crippen molar-refractivity contribution >= 4 is 11.0 Å². The molecule has 0 saturated heterocycles. The lowest BCUT2D eigenvalue weighted by atomic mass is 10.1. The minimum Gasteiger partial charge on any atom is -0.305 e. The molecule has 0 aliphatic heterocycles. The first-order valence-corrected chi connectivity index (χ1v) is 6.82. The van der Waals surface area contributed by atoms with Crippen molar-refractivity contribution in [1.29, 1.82) is 0 Å². The van der Waals surface area contributed by atoms with E-state index in [9.17, 15) is 0 Å². The number of para-hydroxylation sites is 2. The summed E-state index contributed by atoms with van der Waals surface area (Å²) < 4.78 is 0. The largest absolute Gasteiger partial charge is 0.305 e. The fourth-order valence-corrected chi connectivity index (χ4v) is 2.20. The van der Waals surface area contributed by atoms with Crippen molar-refractivity contribution in [1.82, 2.24) is 15.3 Å². The molecule has 1 heterocycles. The quantitative estimate of drug-likeness (QED) is 0.783. The molecule has 0 fully saturated rings. The van der Waals surface area contributed by atoms with Crippen LogP contribution in [0.25, 0.3) is 11.0 Å². The van der Waals surface area contributed by atoms with Gasteiger partial charge in [0, 0.05) is 12.6 Å². The number of fused-ring (bicyclic) bond motifs is 1. The molecule has 0 amide bonds. The van der Waals surface area contributed by atoms with Crippen LogP contribution in [0.5, 0.6) is 0 Å². The maximum Gasteiger partial charge on any atom is 0.0890 e. The number of hydrogen-bond acceptors (Lipinski definition) is 3. The third-order valence-electron chi connectivity index (χ3n) is 3.39. The second-order valence-electron chi connectivity index (χ2n) is 4.86. The molecule has 0 radical (unpaired) electrons. The molecule has 100 valence electrons. The maximum absolute atomic E-state index is 4.62. The average Bonchev–Trinajstić information content (AvgIpc) is 2.53. The Morgan fingerprint density at radius 1 is 0.950 bits per heavy atom. The summed E-state index contributed by atoms with van der Waals surface area (Å²) in [6.45, 7) is 2.87. The third-order valence-corrected chi connectivity index (χ3v) is 3.39. The third kappa shape index (κ3) is 2.83. The van der Waals surface area contributed by atoms with Crippen molar-refractivity contribution in [2.75, 3.05) is 0 Å². The van der Waals surface area contributed by atoms with Crippen molar-refractivity contribution in [2.45, 2.75) is 19.5 Å². The van der Waals surface area contributed by atoms with Crippen LogP contribution in [0.15, 0.2) is 60.8 Å². The summed E-state index contributed by atoms with van der Waals surface area (Å²) in [5, 5.41) is 3.48. The normalized spacial score (nSPS) is 12.4. The Bertz CT molecular complexity index is 695. The fourth-order valence-electron chi connectivity index (χ4n) is 2.20. The molecule has 1 N–H and O–H groups in total. The summed E-state index contributed by atoms with van der Waals surface area (Å²) in [6, 6.07) is 18.6. The molecule has 0 spiro atoms. The van der Waals surface area contributed by atoms with Crippen LogP contribution in [-0.2, 0) is 6.54 Å². The van der Waals surface area contributed by atoms with Gasteiger partial charge in [-0.2, -0.15) is 0 Å². The molecule has 3 nitrogen and oxygen atoms in total. The smallest absolute Gasteiger partial charge is 0.0890 e. The van der Waals surface area contributed by atoms with Crippen LogP contribution in [0.4, 0.5) is 0 Å². The van der Waals surface area contributed by atoms with Gasteiger partial charge in [-0.25, -0.2) is 4.98 Å². The van der Waals surface area contributed by atoms with Crippen LogP contribution in [0, 0.1) is 0 Å². The van der Waals surface area contributed by atoms with Gasteiger partial charge in [0.15, 0.2) is 0 Å². The number of nitrogens with zero attached hydrogens (tertiary/aromatic N) is 2. The van der Waals surface area contributed by atoms with E-state index in [1.54, 1.807) is 0 Å². The summed E-state index contributed by atoms with van der Waals surface area (Å²) in [7, 11) is 0. The second kappa shape index (κ2) is 5.80. The number of nitrogens with one attached hydrogen (secondary N) is 1. The molecule has 0 aliphatic carbocycles. The van der Waals surface area contributed by atoms with E-state index in [-0.39, 0.29) is 0 Å². The first-order valence-electron chi connectivity index (χ1n) is 6.82. The number of rotatable bonds is 4. The van der Waals surface area contributed by atoms with Gasteiger partial charge in [-0.1, -0.05) is 42.5 Å². The van der Waals surface area contributed by atoms with Crippen molar-refractivity contribution in [3.63, 3.8) is 0 Å². The van der Waals surface area contributed by atoms with Gasteiger partial charge < -0.3 is 5.32 Å². The molecule has 20 heavy (non-hydrogen) atoms. The summed E-state index contributed by atoms with van der Waals surface area (Å²) in [4.78, 5) is 9.05. The van der Waals surface area contributed by atoms with Crippen molar-refractivity contribution in [3.8, 4) is 0 Å². The molecular formula is C17H17N3. The molecule has 3 aromatic rings. The standard InChI is InChI=1S/C17H17N3/c1-13(14-7-3-2-4-8-14)18-11-15-12-19-16-9-5-6-10-17(16)20-15/h2-10,12-13,18H,11H2,1H3/t13-/m1/s1. The van der Waals surface area contributed by atoms with Gasteiger partial charge in [0.25, 0.3) is 0 Å². The Morgan fingerprint density at radius 3 is 2.45 bits per heavy atom. The average molecular weight is 263 g/mol. The SMILES string of the molecule is C[C@@H](NCc1cnc2ccccc2n1)c1ccccc1. The van der Waals surface area contributed by atoms with Gasteiger partial charge in [-0.15, -0.1) is 0 Å². The van der Waals surface area contributed by atoms with Crippen LogP contribution >= 0.6 is 0 Å². The topological polar surface area (TPSA) is 37.8 Å². The fraction of sp³-hybridized carbons (Fsp3) is 0.176. The van der Waals surface area contributed by atoms with Crippen LogP contribution in [-0.4, -0.2) is 9.97 Å². The van der Waals surface area contributed by atoms with Gasteiger partial charge >= 0.3 is 0 Å². The first-order chi connectivity index (χ1) is 9.83. The highest BCUT2D eigenvalue weighted by Crippen LogP contribution is 2.13. The van der Waals surface area contributed by atoms with E-state index >= 15 is 0 Å². The lowest BCUT2D eigenvalue weighted by Gasteiger charge is -2.13. The Labute approximate surface area is 118 Å². The minimum atomic E-state index is 0.296. The first kappa shape index (κ1) is 12.8. The monoisotopic (exact) mass is 263 g/mol. The van der Waals surface area contributed by atoms with E-state index in [1.165, 1.54) is 5.56 Å². The van der Waals surface area contributed by atoms with Crippen molar-refractivity contribution in [2.24, 2.45) is 0 Å². The zero-order chi connectivity index (χ0) is 13.8. The molecule has 2 aromatic carbocycles. The highest BCUT2D eigenvalue weighted by molar-refractivity contribution is 5.73.